The van der Waals surface area contributed by atoms with Gasteiger partial charge in [0.1, 0.15) is 18.1 Å². The Morgan fingerprint density at radius 3 is 2.45 bits per heavy atom. The van der Waals surface area contributed by atoms with E-state index in [9.17, 15) is 4.79 Å². The van der Waals surface area contributed by atoms with Gasteiger partial charge in [-0.15, -0.1) is 0 Å². The van der Waals surface area contributed by atoms with Crippen LogP contribution in [0.5, 0.6) is 5.75 Å². The molecule has 0 saturated carbocycles. The van der Waals surface area contributed by atoms with Crippen LogP contribution >= 0.6 is 0 Å². The second kappa shape index (κ2) is 8.19. The number of ether oxygens (including phenoxy) is 2. The van der Waals surface area contributed by atoms with Gasteiger partial charge in [0.2, 0.25) is 0 Å². The average Bonchev–Trinajstić information content (AvgIpc) is 3.10. The zero-order valence-electron chi connectivity index (χ0n) is 16.5. The second-order valence-electron chi connectivity index (χ2n) is 7.16. The van der Waals surface area contributed by atoms with E-state index in [1.54, 1.807) is 0 Å². The van der Waals surface area contributed by atoms with Gasteiger partial charge in [0.25, 0.3) is 0 Å². The lowest BCUT2D eigenvalue weighted by Gasteiger charge is -2.06. The summed E-state index contributed by atoms with van der Waals surface area (Å²) >= 11 is 0. The summed E-state index contributed by atoms with van der Waals surface area (Å²) < 4.78 is 11.3. The Morgan fingerprint density at radius 2 is 1.69 bits per heavy atom. The maximum atomic E-state index is 12.3. The molecule has 144 valence electrons. The molecule has 0 amide bonds. The van der Waals surface area contributed by atoms with Crippen molar-refractivity contribution >= 4 is 17.8 Å². The predicted molar refractivity (Wildman–Crippen MR) is 115 cm³/mol. The fourth-order valence-electron chi connectivity index (χ4n) is 3.20. The van der Waals surface area contributed by atoms with Crippen LogP contribution in [0, 0.1) is 13.8 Å². The molecule has 3 aromatic rings. The first kappa shape index (κ1) is 18.8. The number of carbonyl (C=O) groups is 1. The van der Waals surface area contributed by atoms with Gasteiger partial charge in [-0.25, -0.2) is 4.79 Å². The molecule has 1 aliphatic rings. The summed E-state index contributed by atoms with van der Waals surface area (Å²) in [4.78, 5) is 12.3. The van der Waals surface area contributed by atoms with Crippen molar-refractivity contribution in [3.8, 4) is 5.75 Å². The molecule has 0 bridgehead atoms. The Kier molecular flexibility index (Phi) is 5.30. The molecule has 1 heterocycles. The minimum Gasteiger partial charge on any atom is -0.489 e. The van der Waals surface area contributed by atoms with Crippen molar-refractivity contribution in [2.75, 3.05) is 0 Å². The third-order valence-corrected chi connectivity index (χ3v) is 4.83. The van der Waals surface area contributed by atoms with E-state index < -0.39 is 0 Å². The van der Waals surface area contributed by atoms with Gasteiger partial charge in [0.15, 0.2) is 0 Å². The van der Waals surface area contributed by atoms with E-state index >= 15 is 0 Å². The van der Waals surface area contributed by atoms with Crippen LogP contribution in [0.3, 0.4) is 0 Å². The van der Waals surface area contributed by atoms with Gasteiger partial charge in [-0.2, -0.15) is 0 Å². The summed E-state index contributed by atoms with van der Waals surface area (Å²) in [5.74, 6) is 1.06. The van der Waals surface area contributed by atoms with Crippen molar-refractivity contribution in [1.29, 1.82) is 0 Å². The Balaban J connectivity index is 1.49. The fraction of sp³-hybridized carbons (Fsp3) is 0.115. The van der Waals surface area contributed by atoms with Crippen LogP contribution in [0.2, 0.25) is 0 Å². The average molecular weight is 382 g/mol. The number of benzene rings is 3. The standard InChI is InChI=1S/C26H22O3/c1-18-8-9-19(2)24(14-18)25-16-22(26(27)29-25)15-20-10-12-23(13-11-20)28-17-21-6-4-3-5-7-21/h3-16H,17H2,1-2H3. The molecular weight excluding hydrogens is 360 g/mol. The van der Waals surface area contributed by atoms with Crippen molar-refractivity contribution in [2.24, 2.45) is 0 Å². The number of aryl methyl sites for hydroxylation is 2. The Labute approximate surface area is 170 Å². The summed E-state index contributed by atoms with van der Waals surface area (Å²) in [6.45, 7) is 4.56. The highest BCUT2D eigenvalue weighted by Crippen LogP contribution is 2.30. The first-order valence-electron chi connectivity index (χ1n) is 9.58. The molecule has 4 rings (SSSR count). The van der Waals surface area contributed by atoms with Crippen LogP contribution in [0.25, 0.3) is 11.8 Å². The lowest BCUT2D eigenvalue weighted by molar-refractivity contribution is -0.130. The number of esters is 1. The highest BCUT2D eigenvalue weighted by molar-refractivity contribution is 6.05. The smallest absolute Gasteiger partial charge is 0.343 e. The molecule has 3 nitrogen and oxygen atoms in total. The normalized spacial score (nSPS) is 14.6. The van der Waals surface area contributed by atoms with E-state index in [1.807, 2.05) is 98.8 Å². The second-order valence-corrected chi connectivity index (χ2v) is 7.16. The first-order valence-corrected chi connectivity index (χ1v) is 9.58. The lowest BCUT2D eigenvalue weighted by atomic mass is 10.0. The number of hydrogen-bond donors (Lipinski definition) is 0. The highest BCUT2D eigenvalue weighted by Gasteiger charge is 2.23. The molecule has 0 N–H and O–H groups in total. The fourth-order valence-corrected chi connectivity index (χ4v) is 3.20. The van der Waals surface area contributed by atoms with E-state index in [1.165, 1.54) is 0 Å². The minimum atomic E-state index is -0.328. The summed E-state index contributed by atoms with van der Waals surface area (Å²) in [5, 5.41) is 0. The molecule has 0 fully saturated rings. The van der Waals surface area contributed by atoms with E-state index in [0.717, 1.165) is 33.6 Å². The Hall–Kier alpha value is -3.59. The molecule has 0 unspecified atom stereocenters. The SMILES string of the molecule is Cc1ccc(C)c(C2=CC(=Cc3ccc(OCc4ccccc4)cc3)C(=O)O2)c1. The van der Waals surface area contributed by atoms with Gasteiger partial charge in [0, 0.05) is 5.56 Å². The van der Waals surface area contributed by atoms with Crippen molar-refractivity contribution < 1.29 is 14.3 Å². The van der Waals surface area contributed by atoms with Gasteiger partial charge >= 0.3 is 5.97 Å². The summed E-state index contributed by atoms with van der Waals surface area (Å²) in [7, 11) is 0. The van der Waals surface area contributed by atoms with Crippen molar-refractivity contribution in [2.45, 2.75) is 20.5 Å². The van der Waals surface area contributed by atoms with E-state index in [4.69, 9.17) is 9.47 Å². The van der Waals surface area contributed by atoms with E-state index in [-0.39, 0.29) is 5.97 Å². The Bertz CT molecular complexity index is 1090. The number of carbonyl (C=O) groups excluding carboxylic acids is 1. The van der Waals surface area contributed by atoms with E-state index in [0.29, 0.717) is 17.9 Å². The zero-order chi connectivity index (χ0) is 20.2. The molecule has 0 spiro atoms. The number of hydrogen-bond acceptors (Lipinski definition) is 3. The van der Waals surface area contributed by atoms with Crippen LogP contribution in [-0.2, 0) is 16.1 Å². The van der Waals surface area contributed by atoms with Crippen LogP contribution in [0.1, 0.15) is 27.8 Å². The highest BCUT2D eigenvalue weighted by atomic mass is 16.5. The molecule has 0 radical (unpaired) electrons. The molecule has 0 atom stereocenters. The summed E-state index contributed by atoms with van der Waals surface area (Å²) in [6, 6.07) is 23.8. The van der Waals surface area contributed by atoms with Crippen molar-refractivity contribution in [3.63, 3.8) is 0 Å². The first-order chi connectivity index (χ1) is 14.1. The molecule has 1 aliphatic heterocycles. The molecule has 0 aromatic heterocycles. The summed E-state index contributed by atoms with van der Waals surface area (Å²) in [5.41, 5.74) is 5.74. The lowest BCUT2D eigenvalue weighted by Crippen LogP contribution is -1.98. The minimum absolute atomic E-state index is 0.328. The topological polar surface area (TPSA) is 35.5 Å². The molecule has 3 aromatic carbocycles. The molecule has 0 saturated heterocycles. The molecule has 29 heavy (non-hydrogen) atoms. The van der Waals surface area contributed by atoms with Gasteiger partial charge in [-0.3, -0.25) is 0 Å². The predicted octanol–water partition coefficient (Wildman–Crippen LogP) is 5.86. The molecular formula is C26H22O3. The van der Waals surface area contributed by atoms with Crippen LogP contribution in [0.15, 0.2) is 84.4 Å². The zero-order valence-corrected chi connectivity index (χ0v) is 16.5. The van der Waals surface area contributed by atoms with Gasteiger partial charge in [0.05, 0.1) is 5.57 Å². The third kappa shape index (κ3) is 4.46. The van der Waals surface area contributed by atoms with Gasteiger partial charge in [-0.05, 0) is 60.9 Å². The largest absolute Gasteiger partial charge is 0.489 e. The van der Waals surface area contributed by atoms with Crippen LogP contribution in [-0.4, -0.2) is 5.97 Å². The van der Waals surface area contributed by atoms with Gasteiger partial charge < -0.3 is 9.47 Å². The monoisotopic (exact) mass is 382 g/mol. The molecule has 3 heteroatoms. The summed E-state index contributed by atoms with van der Waals surface area (Å²) in [6.07, 6.45) is 3.64. The third-order valence-electron chi connectivity index (χ3n) is 4.83. The maximum Gasteiger partial charge on any atom is 0.343 e. The maximum absolute atomic E-state index is 12.3. The molecule has 0 aliphatic carbocycles. The van der Waals surface area contributed by atoms with Crippen molar-refractivity contribution in [1.82, 2.24) is 0 Å². The van der Waals surface area contributed by atoms with Crippen LogP contribution in [0.4, 0.5) is 0 Å². The Morgan fingerprint density at radius 1 is 0.931 bits per heavy atom. The van der Waals surface area contributed by atoms with Crippen LogP contribution < -0.4 is 4.74 Å². The number of rotatable bonds is 5. The van der Waals surface area contributed by atoms with Crippen molar-refractivity contribution in [3.05, 3.63) is 112 Å². The van der Waals surface area contributed by atoms with E-state index in [2.05, 4.69) is 0 Å². The quantitative estimate of drug-likeness (QED) is 0.409. The van der Waals surface area contributed by atoms with Gasteiger partial charge in [-0.1, -0.05) is 60.2 Å². The number of cyclic esters (lactones) is 1.